The molecule has 0 aromatic heterocycles. The highest BCUT2D eigenvalue weighted by Gasteiger charge is 2.20. The van der Waals surface area contributed by atoms with Gasteiger partial charge in [-0.1, -0.05) is 18.2 Å². The summed E-state index contributed by atoms with van der Waals surface area (Å²) in [7, 11) is 1.51. The van der Waals surface area contributed by atoms with E-state index in [1.807, 2.05) is 30.3 Å². The van der Waals surface area contributed by atoms with Crippen molar-refractivity contribution in [1.82, 2.24) is 10.2 Å². The molecule has 2 amide bonds. The van der Waals surface area contributed by atoms with Crippen LogP contribution in [0.1, 0.15) is 27.2 Å². The normalized spacial score (nSPS) is 12.3. The summed E-state index contributed by atoms with van der Waals surface area (Å²) in [4.78, 5) is 25.2. The van der Waals surface area contributed by atoms with Crippen molar-refractivity contribution in [2.75, 3.05) is 19.3 Å². The van der Waals surface area contributed by atoms with E-state index in [2.05, 4.69) is 5.32 Å². The molecule has 0 aliphatic rings. The molecule has 1 aromatic rings. The Hall–Kier alpha value is -1.89. The van der Waals surface area contributed by atoms with E-state index in [0.717, 1.165) is 4.90 Å². The van der Waals surface area contributed by atoms with Crippen LogP contribution in [0, 0.1) is 0 Å². The minimum atomic E-state index is -0.985. The van der Waals surface area contributed by atoms with Gasteiger partial charge in [0.05, 0.1) is 0 Å². The van der Waals surface area contributed by atoms with Crippen molar-refractivity contribution in [3.05, 3.63) is 30.3 Å². The number of ether oxygens (including phenoxy) is 1. The number of carboxylic acid groups (broad SMARTS) is 1. The molecule has 0 radical (unpaired) electrons. The Bertz CT molecular complexity index is 531. The van der Waals surface area contributed by atoms with E-state index in [1.165, 1.54) is 11.9 Å². The monoisotopic (exact) mass is 354 g/mol. The molecular formula is C17H26N2O4S. The van der Waals surface area contributed by atoms with E-state index in [9.17, 15) is 9.59 Å². The predicted molar refractivity (Wildman–Crippen MR) is 95.6 cm³/mol. The molecule has 24 heavy (non-hydrogen) atoms. The summed E-state index contributed by atoms with van der Waals surface area (Å²) >= 11 is 1.61. The van der Waals surface area contributed by atoms with Crippen molar-refractivity contribution in [1.29, 1.82) is 0 Å². The van der Waals surface area contributed by atoms with Crippen LogP contribution in [0.25, 0.3) is 0 Å². The predicted octanol–water partition coefficient (Wildman–Crippen LogP) is 3.67. The zero-order chi connectivity index (χ0) is 18.2. The number of nitrogens with one attached hydrogen (secondary N) is 1. The van der Waals surface area contributed by atoms with E-state index in [4.69, 9.17) is 9.84 Å². The first kappa shape index (κ1) is 20.2. The average Bonchev–Trinajstić information content (AvgIpc) is 2.48. The Labute approximate surface area is 147 Å². The van der Waals surface area contributed by atoms with Crippen molar-refractivity contribution < 1.29 is 19.4 Å². The lowest BCUT2D eigenvalue weighted by molar-refractivity contribution is 0.0506. The first-order chi connectivity index (χ1) is 11.2. The Morgan fingerprint density at radius 1 is 1.29 bits per heavy atom. The second-order valence-corrected chi connectivity index (χ2v) is 7.55. The number of hydrogen-bond donors (Lipinski definition) is 2. The number of amides is 2. The number of benzene rings is 1. The maximum absolute atomic E-state index is 12.0. The van der Waals surface area contributed by atoms with Gasteiger partial charge in [-0.2, -0.15) is 0 Å². The van der Waals surface area contributed by atoms with Gasteiger partial charge in [-0.25, -0.2) is 9.59 Å². The molecule has 1 aromatic carbocycles. The quantitative estimate of drug-likeness (QED) is 0.730. The second-order valence-electron chi connectivity index (χ2n) is 6.46. The van der Waals surface area contributed by atoms with Crippen molar-refractivity contribution >= 4 is 23.9 Å². The molecule has 7 heteroatoms. The number of alkyl carbamates (subject to hydrolysis) is 1. The van der Waals surface area contributed by atoms with Gasteiger partial charge < -0.3 is 20.1 Å². The molecule has 0 heterocycles. The first-order valence-corrected chi connectivity index (χ1v) is 8.77. The van der Waals surface area contributed by atoms with E-state index < -0.39 is 17.8 Å². The van der Waals surface area contributed by atoms with Crippen LogP contribution < -0.4 is 5.32 Å². The molecule has 0 saturated carbocycles. The van der Waals surface area contributed by atoms with Gasteiger partial charge in [-0.3, -0.25) is 0 Å². The van der Waals surface area contributed by atoms with E-state index in [-0.39, 0.29) is 6.04 Å². The number of rotatable bonds is 7. The summed E-state index contributed by atoms with van der Waals surface area (Å²) in [6.07, 6.45) is -0.956. The Morgan fingerprint density at radius 2 is 1.92 bits per heavy atom. The molecular weight excluding hydrogens is 328 g/mol. The topological polar surface area (TPSA) is 78.9 Å². The van der Waals surface area contributed by atoms with Gasteiger partial charge in [0.2, 0.25) is 0 Å². The van der Waals surface area contributed by atoms with Crippen LogP contribution in [0.3, 0.4) is 0 Å². The summed E-state index contributed by atoms with van der Waals surface area (Å²) in [5.74, 6) is 0.636. The van der Waals surface area contributed by atoms with Crippen LogP contribution >= 0.6 is 11.8 Å². The molecule has 1 unspecified atom stereocenters. The highest BCUT2D eigenvalue weighted by atomic mass is 32.2. The molecule has 0 aliphatic carbocycles. The molecule has 0 bridgehead atoms. The van der Waals surface area contributed by atoms with Gasteiger partial charge in [-0.05, 0) is 39.3 Å². The number of thioether (sulfide) groups is 1. The molecule has 1 rings (SSSR count). The standard InChI is InChI=1S/C17H26N2O4S/c1-17(2,3)23-15(20)18-13(10-11-19(4)16(21)22)12-24-14-8-6-5-7-9-14/h5-9,13H,10-12H2,1-4H3,(H,18,20)(H,21,22). The summed E-state index contributed by atoms with van der Waals surface area (Å²) in [6, 6.07) is 9.67. The summed E-state index contributed by atoms with van der Waals surface area (Å²) in [5, 5.41) is 11.8. The summed E-state index contributed by atoms with van der Waals surface area (Å²) in [5.41, 5.74) is -0.570. The van der Waals surface area contributed by atoms with E-state index in [1.54, 1.807) is 32.5 Å². The van der Waals surface area contributed by atoms with Crippen molar-refractivity contribution in [2.45, 2.75) is 43.7 Å². The van der Waals surface area contributed by atoms with Crippen LogP contribution in [-0.4, -0.2) is 53.2 Å². The summed E-state index contributed by atoms with van der Waals surface area (Å²) < 4.78 is 5.29. The number of hydrogen-bond acceptors (Lipinski definition) is 4. The number of nitrogens with zero attached hydrogens (tertiary/aromatic N) is 1. The smallest absolute Gasteiger partial charge is 0.407 e. The van der Waals surface area contributed by atoms with Crippen molar-refractivity contribution in [3.63, 3.8) is 0 Å². The average molecular weight is 354 g/mol. The minimum absolute atomic E-state index is 0.188. The number of carbonyl (C=O) groups is 2. The zero-order valence-electron chi connectivity index (χ0n) is 14.6. The fourth-order valence-corrected chi connectivity index (χ4v) is 2.82. The van der Waals surface area contributed by atoms with Gasteiger partial charge in [0.1, 0.15) is 5.60 Å². The van der Waals surface area contributed by atoms with Crippen LogP contribution in [0.2, 0.25) is 0 Å². The molecule has 0 aliphatic heterocycles. The molecule has 0 spiro atoms. The minimum Gasteiger partial charge on any atom is -0.465 e. The highest BCUT2D eigenvalue weighted by molar-refractivity contribution is 7.99. The maximum atomic E-state index is 12.0. The lowest BCUT2D eigenvalue weighted by atomic mass is 10.2. The Balaban J connectivity index is 2.60. The first-order valence-electron chi connectivity index (χ1n) is 7.79. The lowest BCUT2D eigenvalue weighted by Crippen LogP contribution is -2.42. The van der Waals surface area contributed by atoms with Crippen molar-refractivity contribution in [3.8, 4) is 0 Å². The van der Waals surface area contributed by atoms with Crippen LogP contribution in [0.5, 0.6) is 0 Å². The largest absolute Gasteiger partial charge is 0.465 e. The molecule has 6 nitrogen and oxygen atoms in total. The lowest BCUT2D eigenvalue weighted by Gasteiger charge is -2.24. The number of carbonyl (C=O) groups excluding carboxylic acids is 1. The van der Waals surface area contributed by atoms with Gasteiger partial charge in [0, 0.05) is 30.3 Å². The molecule has 1 atom stereocenters. The fourth-order valence-electron chi connectivity index (χ4n) is 1.83. The third kappa shape index (κ3) is 8.67. The van der Waals surface area contributed by atoms with Crippen LogP contribution in [0.4, 0.5) is 9.59 Å². The fraction of sp³-hybridized carbons (Fsp3) is 0.529. The van der Waals surface area contributed by atoms with Gasteiger partial charge in [0.25, 0.3) is 0 Å². The maximum Gasteiger partial charge on any atom is 0.407 e. The SMILES string of the molecule is CN(CCC(CSc1ccccc1)NC(=O)OC(C)(C)C)C(=O)O. The Kier molecular flexibility index (Phi) is 7.91. The Morgan fingerprint density at radius 3 is 2.46 bits per heavy atom. The molecule has 2 N–H and O–H groups in total. The van der Waals surface area contributed by atoms with Crippen LogP contribution in [0.15, 0.2) is 35.2 Å². The van der Waals surface area contributed by atoms with Crippen molar-refractivity contribution in [2.24, 2.45) is 0 Å². The second kappa shape index (κ2) is 9.42. The van der Waals surface area contributed by atoms with Crippen LogP contribution in [-0.2, 0) is 4.74 Å². The molecule has 0 saturated heterocycles. The molecule has 134 valence electrons. The van der Waals surface area contributed by atoms with Gasteiger partial charge >= 0.3 is 12.2 Å². The highest BCUT2D eigenvalue weighted by Crippen LogP contribution is 2.19. The van der Waals surface area contributed by atoms with Gasteiger partial charge in [-0.15, -0.1) is 11.8 Å². The summed E-state index contributed by atoms with van der Waals surface area (Å²) in [6.45, 7) is 5.75. The molecule has 0 fully saturated rings. The zero-order valence-corrected chi connectivity index (χ0v) is 15.4. The van der Waals surface area contributed by atoms with Gasteiger partial charge in [0.15, 0.2) is 0 Å². The van der Waals surface area contributed by atoms with E-state index in [0.29, 0.717) is 18.7 Å². The van der Waals surface area contributed by atoms with E-state index >= 15 is 0 Å². The third-order valence-corrected chi connectivity index (χ3v) is 4.23. The third-order valence-electron chi connectivity index (χ3n) is 3.05.